The van der Waals surface area contributed by atoms with E-state index < -0.39 is 0 Å². The molecule has 0 unspecified atom stereocenters. The third-order valence-electron chi connectivity index (χ3n) is 2.93. The highest BCUT2D eigenvalue weighted by molar-refractivity contribution is 7.08. The summed E-state index contributed by atoms with van der Waals surface area (Å²) in [7, 11) is 0. The predicted octanol–water partition coefficient (Wildman–Crippen LogP) is 3.17. The quantitative estimate of drug-likeness (QED) is 0.804. The SMILES string of the molecule is CC(C)c1nc2c(NC(=O)c3ccsc3)cccn2n1. The molecule has 20 heavy (non-hydrogen) atoms. The van der Waals surface area contributed by atoms with Gasteiger partial charge in [-0.3, -0.25) is 4.79 Å². The molecule has 5 nitrogen and oxygen atoms in total. The van der Waals surface area contributed by atoms with E-state index in [-0.39, 0.29) is 11.8 Å². The van der Waals surface area contributed by atoms with Crippen LogP contribution in [-0.4, -0.2) is 20.5 Å². The number of aromatic nitrogens is 3. The second kappa shape index (κ2) is 5.05. The van der Waals surface area contributed by atoms with Gasteiger partial charge in [0.05, 0.1) is 11.3 Å². The lowest BCUT2D eigenvalue weighted by atomic mass is 10.2. The summed E-state index contributed by atoms with van der Waals surface area (Å²) < 4.78 is 1.69. The van der Waals surface area contributed by atoms with Crippen molar-refractivity contribution in [2.45, 2.75) is 19.8 Å². The number of hydrogen-bond donors (Lipinski definition) is 1. The monoisotopic (exact) mass is 286 g/mol. The van der Waals surface area contributed by atoms with Gasteiger partial charge in [0, 0.05) is 17.5 Å². The number of hydrogen-bond acceptors (Lipinski definition) is 4. The number of rotatable bonds is 3. The van der Waals surface area contributed by atoms with Gasteiger partial charge >= 0.3 is 0 Å². The lowest BCUT2D eigenvalue weighted by Crippen LogP contribution is -2.11. The predicted molar refractivity (Wildman–Crippen MR) is 79.3 cm³/mol. The van der Waals surface area contributed by atoms with Crippen LogP contribution in [0.3, 0.4) is 0 Å². The molecule has 0 fully saturated rings. The van der Waals surface area contributed by atoms with E-state index in [2.05, 4.69) is 15.4 Å². The van der Waals surface area contributed by atoms with Crippen LogP contribution in [0.25, 0.3) is 5.65 Å². The van der Waals surface area contributed by atoms with Crippen molar-refractivity contribution in [3.63, 3.8) is 0 Å². The Kier molecular flexibility index (Phi) is 3.23. The van der Waals surface area contributed by atoms with Crippen molar-refractivity contribution >= 4 is 28.6 Å². The van der Waals surface area contributed by atoms with Crippen LogP contribution in [0.15, 0.2) is 35.2 Å². The molecule has 0 aliphatic rings. The van der Waals surface area contributed by atoms with Gasteiger partial charge in [-0.1, -0.05) is 13.8 Å². The Morgan fingerprint density at radius 3 is 2.95 bits per heavy atom. The smallest absolute Gasteiger partial charge is 0.256 e. The van der Waals surface area contributed by atoms with Crippen LogP contribution in [0.1, 0.15) is 35.9 Å². The first kappa shape index (κ1) is 12.8. The summed E-state index contributed by atoms with van der Waals surface area (Å²) in [5.74, 6) is 0.881. The number of fused-ring (bicyclic) bond motifs is 1. The number of carbonyl (C=O) groups excluding carboxylic acids is 1. The molecule has 6 heteroatoms. The Morgan fingerprint density at radius 2 is 2.25 bits per heavy atom. The molecule has 0 spiro atoms. The summed E-state index contributed by atoms with van der Waals surface area (Å²) in [4.78, 5) is 16.6. The number of anilines is 1. The summed E-state index contributed by atoms with van der Waals surface area (Å²) in [5.41, 5.74) is 1.99. The highest BCUT2D eigenvalue weighted by Gasteiger charge is 2.13. The molecule has 0 bridgehead atoms. The summed E-state index contributed by atoms with van der Waals surface area (Å²) >= 11 is 1.50. The van der Waals surface area contributed by atoms with Gasteiger partial charge in [0.25, 0.3) is 5.91 Å². The first-order valence-corrected chi connectivity index (χ1v) is 7.28. The average Bonchev–Trinajstić information content (AvgIpc) is 3.08. The van der Waals surface area contributed by atoms with Gasteiger partial charge in [-0.2, -0.15) is 16.4 Å². The van der Waals surface area contributed by atoms with E-state index >= 15 is 0 Å². The Balaban J connectivity index is 1.97. The highest BCUT2D eigenvalue weighted by Crippen LogP contribution is 2.19. The van der Waals surface area contributed by atoms with E-state index in [0.717, 1.165) is 5.82 Å². The molecule has 102 valence electrons. The highest BCUT2D eigenvalue weighted by atomic mass is 32.1. The third-order valence-corrected chi connectivity index (χ3v) is 3.61. The van der Waals surface area contributed by atoms with Crippen LogP contribution in [0, 0.1) is 0 Å². The molecule has 0 saturated heterocycles. The van der Waals surface area contributed by atoms with Crippen LogP contribution in [0.2, 0.25) is 0 Å². The third kappa shape index (κ3) is 2.30. The van der Waals surface area contributed by atoms with E-state index in [1.54, 1.807) is 10.6 Å². The molecule has 0 aliphatic heterocycles. The number of pyridine rings is 1. The van der Waals surface area contributed by atoms with E-state index in [4.69, 9.17) is 0 Å². The molecule has 0 saturated carbocycles. The van der Waals surface area contributed by atoms with Gasteiger partial charge in [0.1, 0.15) is 0 Å². The molecule has 0 radical (unpaired) electrons. The summed E-state index contributed by atoms with van der Waals surface area (Å²) in [6, 6.07) is 5.47. The number of thiophene rings is 1. The van der Waals surface area contributed by atoms with Crippen molar-refractivity contribution < 1.29 is 4.79 Å². The largest absolute Gasteiger partial charge is 0.319 e. The van der Waals surface area contributed by atoms with Crippen LogP contribution < -0.4 is 5.32 Å². The molecule has 0 aromatic carbocycles. The van der Waals surface area contributed by atoms with Crippen molar-refractivity contribution in [3.8, 4) is 0 Å². The van der Waals surface area contributed by atoms with Gasteiger partial charge in [0.2, 0.25) is 0 Å². The molecule has 3 heterocycles. The fourth-order valence-electron chi connectivity index (χ4n) is 1.85. The number of nitrogens with one attached hydrogen (secondary N) is 1. The summed E-state index contributed by atoms with van der Waals surface area (Å²) in [6.45, 7) is 4.08. The van der Waals surface area contributed by atoms with Crippen LogP contribution in [0.5, 0.6) is 0 Å². The van der Waals surface area contributed by atoms with Crippen molar-refractivity contribution in [1.29, 1.82) is 0 Å². The zero-order valence-electron chi connectivity index (χ0n) is 11.2. The number of amides is 1. The number of nitrogens with zero attached hydrogens (tertiary/aromatic N) is 3. The van der Waals surface area contributed by atoms with E-state index in [1.807, 2.05) is 42.9 Å². The van der Waals surface area contributed by atoms with E-state index in [9.17, 15) is 4.79 Å². The maximum Gasteiger partial charge on any atom is 0.256 e. The summed E-state index contributed by atoms with van der Waals surface area (Å²) in [5, 5.41) is 11.0. The Hall–Kier alpha value is -2.21. The zero-order valence-corrected chi connectivity index (χ0v) is 12.0. The van der Waals surface area contributed by atoms with Crippen molar-refractivity contribution in [1.82, 2.24) is 14.6 Å². The Labute approximate surface area is 120 Å². The minimum atomic E-state index is -0.131. The zero-order chi connectivity index (χ0) is 14.1. The molecule has 0 atom stereocenters. The Morgan fingerprint density at radius 1 is 1.40 bits per heavy atom. The van der Waals surface area contributed by atoms with Crippen LogP contribution in [0.4, 0.5) is 5.69 Å². The van der Waals surface area contributed by atoms with Gasteiger partial charge in [-0.05, 0) is 23.6 Å². The minimum absolute atomic E-state index is 0.131. The van der Waals surface area contributed by atoms with Crippen molar-refractivity contribution in [3.05, 3.63) is 46.5 Å². The fraction of sp³-hybridized carbons (Fsp3) is 0.214. The molecule has 3 aromatic heterocycles. The van der Waals surface area contributed by atoms with Crippen molar-refractivity contribution in [2.24, 2.45) is 0 Å². The lowest BCUT2D eigenvalue weighted by Gasteiger charge is -2.04. The van der Waals surface area contributed by atoms with Gasteiger partial charge in [0.15, 0.2) is 11.5 Å². The second-order valence-electron chi connectivity index (χ2n) is 4.78. The van der Waals surface area contributed by atoms with E-state index in [0.29, 0.717) is 16.9 Å². The van der Waals surface area contributed by atoms with Gasteiger partial charge in [-0.25, -0.2) is 9.50 Å². The topological polar surface area (TPSA) is 59.3 Å². The molecule has 1 N–H and O–H groups in total. The average molecular weight is 286 g/mol. The van der Waals surface area contributed by atoms with Gasteiger partial charge < -0.3 is 5.32 Å². The number of carbonyl (C=O) groups is 1. The molecular weight excluding hydrogens is 272 g/mol. The van der Waals surface area contributed by atoms with Gasteiger partial charge in [-0.15, -0.1) is 0 Å². The molecule has 3 rings (SSSR count). The first-order valence-electron chi connectivity index (χ1n) is 6.34. The van der Waals surface area contributed by atoms with E-state index in [1.165, 1.54) is 11.3 Å². The van der Waals surface area contributed by atoms with Crippen molar-refractivity contribution in [2.75, 3.05) is 5.32 Å². The maximum absolute atomic E-state index is 12.1. The standard InChI is InChI=1S/C14H14N4OS/c1-9(2)12-16-13-11(4-3-6-18(13)17-12)15-14(19)10-5-7-20-8-10/h3-9H,1-2H3,(H,15,19). The first-order chi connectivity index (χ1) is 9.65. The summed E-state index contributed by atoms with van der Waals surface area (Å²) in [6.07, 6.45) is 1.83. The van der Waals surface area contributed by atoms with Crippen LogP contribution in [-0.2, 0) is 0 Å². The minimum Gasteiger partial charge on any atom is -0.319 e. The molecule has 0 aliphatic carbocycles. The molecule has 1 amide bonds. The molecular formula is C14H14N4OS. The second-order valence-corrected chi connectivity index (χ2v) is 5.56. The van der Waals surface area contributed by atoms with Crippen LogP contribution >= 0.6 is 11.3 Å². The molecule has 3 aromatic rings. The lowest BCUT2D eigenvalue weighted by molar-refractivity contribution is 0.102. The fourth-order valence-corrected chi connectivity index (χ4v) is 2.49. The Bertz CT molecular complexity index is 746. The normalized spacial score (nSPS) is 11.2. The maximum atomic E-state index is 12.1.